The highest BCUT2D eigenvalue weighted by Crippen LogP contribution is 2.30. The van der Waals surface area contributed by atoms with Crippen LogP contribution in [0.3, 0.4) is 0 Å². The number of hydrogen-bond donors (Lipinski definition) is 1. The Bertz CT molecular complexity index is 1120. The second-order valence-corrected chi connectivity index (χ2v) is 8.80. The van der Waals surface area contributed by atoms with Crippen molar-refractivity contribution < 1.29 is 13.6 Å². The predicted octanol–water partition coefficient (Wildman–Crippen LogP) is 4.49. The fraction of sp³-hybridized carbons (Fsp3) is 0.316. The molecule has 0 aliphatic heterocycles. The maximum atomic E-state index is 13.3. The van der Waals surface area contributed by atoms with E-state index in [0.29, 0.717) is 21.9 Å². The number of thiophene rings is 1. The van der Waals surface area contributed by atoms with E-state index in [9.17, 15) is 18.4 Å². The number of thioether (sulfide) groups is 1. The molecule has 148 valence electrons. The van der Waals surface area contributed by atoms with Gasteiger partial charge in [0.2, 0.25) is 5.91 Å². The third kappa shape index (κ3) is 3.81. The lowest BCUT2D eigenvalue weighted by molar-refractivity contribution is -0.115. The molecule has 0 spiro atoms. The van der Waals surface area contributed by atoms with Gasteiger partial charge in [0.15, 0.2) is 16.8 Å². The number of aryl methyl sites for hydroxylation is 2. The van der Waals surface area contributed by atoms with Gasteiger partial charge < -0.3 is 5.32 Å². The van der Waals surface area contributed by atoms with Crippen molar-refractivity contribution in [1.29, 1.82) is 0 Å². The molecule has 0 bridgehead atoms. The summed E-state index contributed by atoms with van der Waals surface area (Å²) in [6.45, 7) is 7.79. The number of nitrogens with zero attached hydrogens (tertiary/aromatic N) is 2. The van der Waals surface area contributed by atoms with Crippen molar-refractivity contribution >= 4 is 44.9 Å². The summed E-state index contributed by atoms with van der Waals surface area (Å²) in [5.74, 6) is -2.41. The number of carbonyl (C=O) groups is 1. The van der Waals surface area contributed by atoms with E-state index >= 15 is 0 Å². The number of anilines is 1. The average Bonchev–Trinajstić information content (AvgIpc) is 2.92. The van der Waals surface area contributed by atoms with Crippen molar-refractivity contribution in [3.63, 3.8) is 0 Å². The Kier molecular flexibility index (Phi) is 5.85. The first kappa shape index (κ1) is 20.5. The molecule has 1 unspecified atom stereocenters. The number of rotatable bonds is 5. The molecule has 28 heavy (non-hydrogen) atoms. The maximum Gasteiger partial charge on any atom is 0.263 e. The third-order valence-electron chi connectivity index (χ3n) is 4.41. The van der Waals surface area contributed by atoms with Crippen molar-refractivity contribution in [2.45, 2.75) is 44.6 Å². The van der Waals surface area contributed by atoms with Crippen LogP contribution in [0.15, 0.2) is 28.2 Å². The smallest absolute Gasteiger partial charge is 0.263 e. The molecule has 2 aromatic heterocycles. The largest absolute Gasteiger partial charge is 0.325 e. The van der Waals surface area contributed by atoms with Gasteiger partial charge in [0.25, 0.3) is 5.56 Å². The minimum absolute atomic E-state index is 0.120. The van der Waals surface area contributed by atoms with Crippen LogP contribution in [0.1, 0.15) is 24.3 Å². The highest BCUT2D eigenvalue weighted by atomic mass is 32.2. The first-order chi connectivity index (χ1) is 13.2. The molecule has 0 radical (unpaired) electrons. The number of benzene rings is 1. The van der Waals surface area contributed by atoms with Crippen LogP contribution in [-0.2, 0) is 11.3 Å². The number of aromatic nitrogens is 2. The molecule has 0 aliphatic carbocycles. The first-order valence-corrected chi connectivity index (χ1v) is 10.4. The molecule has 3 aromatic rings. The van der Waals surface area contributed by atoms with Crippen LogP contribution in [0.4, 0.5) is 14.5 Å². The van der Waals surface area contributed by atoms with E-state index in [1.54, 1.807) is 11.5 Å². The second kappa shape index (κ2) is 8.00. The molecule has 5 nitrogen and oxygen atoms in total. The fourth-order valence-corrected chi connectivity index (χ4v) is 4.75. The lowest BCUT2D eigenvalue weighted by atomic mass is 10.2. The summed E-state index contributed by atoms with van der Waals surface area (Å²) in [6, 6.07) is 3.17. The summed E-state index contributed by atoms with van der Waals surface area (Å²) < 4.78 is 27.9. The quantitative estimate of drug-likeness (QED) is 0.485. The van der Waals surface area contributed by atoms with E-state index in [-0.39, 0.29) is 11.2 Å². The molecule has 1 amide bonds. The Morgan fingerprint density at radius 3 is 2.68 bits per heavy atom. The summed E-state index contributed by atoms with van der Waals surface area (Å²) in [4.78, 5) is 31.6. The van der Waals surface area contributed by atoms with Crippen LogP contribution in [0, 0.1) is 25.5 Å². The lowest BCUT2D eigenvalue weighted by Gasteiger charge is -2.15. The second-order valence-electron chi connectivity index (χ2n) is 6.29. The minimum atomic E-state index is -1.03. The van der Waals surface area contributed by atoms with Crippen molar-refractivity contribution in [2.24, 2.45) is 0 Å². The highest BCUT2D eigenvalue weighted by Gasteiger charge is 2.21. The molecule has 0 fully saturated rings. The summed E-state index contributed by atoms with van der Waals surface area (Å²) in [6.07, 6.45) is 0. The molecule has 1 N–H and O–H groups in total. The number of hydrogen-bond acceptors (Lipinski definition) is 5. The Morgan fingerprint density at radius 2 is 2.04 bits per heavy atom. The summed E-state index contributed by atoms with van der Waals surface area (Å²) in [7, 11) is 0. The Labute approximate surface area is 168 Å². The third-order valence-corrected chi connectivity index (χ3v) is 6.60. The Hall–Kier alpha value is -2.26. The number of fused-ring (bicyclic) bond motifs is 1. The zero-order valence-electron chi connectivity index (χ0n) is 15.8. The molecule has 1 aromatic carbocycles. The van der Waals surface area contributed by atoms with E-state index in [2.05, 4.69) is 10.3 Å². The van der Waals surface area contributed by atoms with Crippen LogP contribution in [-0.4, -0.2) is 20.7 Å². The minimum Gasteiger partial charge on any atom is -0.325 e. The molecule has 3 rings (SSSR count). The molecular weight excluding hydrogens is 404 g/mol. The SMILES string of the molecule is CCn1c(SC(C)C(=O)Nc2ccc(F)c(F)c2)nc2sc(C)c(C)c2c1=O. The molecule has 0 aliphatic rings. The predicted molar refractivity (Wildman–Crippen MR) is 109 cm³/mol. The van der Waals surface area contributed by atoms with E-state index in [4.69, 9.17) is 0 Å². The zero-order valence-corrected chi connectivity index (χ0v) is 17.4. The molecule has 9 heteroatoms. The van der Waals surface area contributed by atoms with Gasteiger partial charge in [0.1, 0.15) is 4.83 Å². The Balaban J connectivity index is 1.87. The van der Waals surface area contributed by atoms with Crippen LogP contribution >= 0.6 is 23.1 Å². The number of halogens is 2. The van der Waals surface area contributed by atoms with E-state index in [0.717, 1.165) is 34.3 Å². The van der Waals surface area contributed by atoms with Gasteiger partial charge in [0.05, 0.1) is 10.6 Å². The first-order valence-electron chi connectivity index (χ1n) is 8.66. The van der Waals surface area contributed by atoms with Crippen LogP contribution < -0.4 is 10.9 Å². The highest BCUT2D eigenvalue weighted by molar-refractivity contribution is 8.00. The molecular formula is C19H19F2N3O2S2. The topological polar surface area (TPSA) is 64.0 Å². The van der Waals surface area contributed by atoms with E-state index in [1.165, 1.54) is 17.4 Å². The standard InChI is InChI=1S/C19H19F2N3O2S2/c1-5-24-18(26)15-9(2)10(3)27-17(15)23-19(24)28-11(4)16(25)22-12-6-7-13(20)14(21)8-12/h6-8,11H,5H2,1-4H3,(H,22,25). The summed E-state index contributed by atoms with van der Waals surface area (Å²) in [5.41, 5.74) is 0.975. The number of carbonyl (C=O) groups excluding carboxylic acids is 1. The van der Waals surface area contributed by atoms with Gasteiger partial charge in [-0.25, -0.2) is 13.8 Å². The fourth-order valence-electron chi connectivity index (χ4n) is 2.71. The van der Waals surface area contributed by atoms with Gasteiger partial charge in [-0.2, -0.15) is 0 Å². The number of nitrogens with one attached hydrogen (secondary N) is 1. The maximum absolute atomic E-state index is 13.3. The monoisotopic (exact) mass is 423 g/mol. The van der Waals surface area contributed by atoms with E-state index < -0.39 is 22.8 Å². The summed E-state index contributed by atoms with van der Waals surface area (Å²) in [5, 5.41) is 3.02. The van der Waals surface area contributed by atoms with Crippen LogP contribution in [0.25, 0.3) is 10.2 Å². The molecule has 2 heterocycles. The number of amides is 1. The van der Waals surface area contributed by atoms with Gasteiger partial charge in [-0.1, -0.05) is 11.8 Å². The lowest BCUT2D eigenvalue weighted by Crippen LogP contribution is -2.26. The van der Waals surface area contributed by atoms with Gasteiger partial charge in [-0.3, -0.25) is 14.2 Å². The van der Waals surface area contributed by atoms with E-state index in [1.807, 2.05) is 20.8 Å². The van der Waals surface area contributed by atoms with Crippen molar-refractivity contribution in [3.05, 3.63) is 50.6 Å². The molecule has 1 atom stereocenters. The van der Waals surface area contributed by atoms with Gasteiger partial charge in [-0.15, -0.1) is 11.3 Å². The van der Waals surface area contributed by atoms with Gasteiger partial charge >= 0.3 is 0 Å². The molecule has 0 saturated carbocycles. The zero-order chi connectivity index (χ0) is 20.6. The van der Waals surface area contributed by atoms with Gasteiger partial charge in [0, 0.05) is 23.2 Å². The van der Waals surface area contributed by atoms with Crippen LogP contribution in [0.5, 0.6) is 0 Å². The normalized spacial score (nSPS) is 12.4. The van der Waals surface area contributed by atoms with Gasteiger partial charge in [-0.05, 0) is 45.4 Å². The molecule has 0 saturated heterocycles. The van der Waals surface area contributed by atoms with Crippen molar-refractivity contribution in [1.82, 2.24) is 9.55 Å². The van der Waals surface area contributed by atoms with Crippen molar-refractivity contribution in [3.8, 4) is 0 Å². The Morgan fingerprint density at radius 1 is 1.32 bits per heavy atom. The average molecular weight is 424 g/mol. The van der Waals surface area contributed by atoms with Crippen LogP contribution in [0.2, 0.25) is 0 Å². The van der Waals surface area contributed by atoms with Crippen molar-refractivity contribution in [2.75, 3.05) is 5.32 Å². The summed E-state index contributed by atoms with van der Waals surface area (Å²) >= 11 is 2.60.